The van der Waals surface area contributed by atoms with Crippen LogP contribution in [-0.4, -0.2) is 38.2 Å². The Morgan fingerprint density at radius 3 is 2.92 bits per heavy atom. The van der Waals surface area contributed by atoms with Crippen LogP contribution in [0.25, 0.3) is 10.9 Å². The lowest BCUT2D eigenvalue weighted by Crippen LogP contribution is -2.48. The number of nitrogens with one attached hydrogen (secondary N) is 1. The van der Waals surface area contributed by atoms with Gasteiger partial charge in [0.15, 0.2) is 0 Å². The first-order valence-electron chi connectivity index (χ1n) is 8.52. The van der Waals surface area contributed by atoms with Gasteiger partial charge in [0.1, 0.15) is 29.8 Å². The van der Waals surface area contributed by atoms with E-state index in [1.165, 1.54) is 12.4 Å². The second-order valence-corrected chi connectivity index (χ2v) is 6.45. The fraction of sp³-hybridized carbons (Fsp3) is 0.333. The van der Waals surface area contributed by atoms with Crippen LogP contribution in [0.2, 0.25) is 0 Å². The summed E-state index contributed by atoms with van der Waals surface area (Å²) >= 11 is 0. The molecule has 0 aliphatic carbocycles. The molecular weight excluding hydrogens is 335 g/mol. The molecule has 26 heavy (non-hydrogen) atoms. The first-order chi connectivity index (χ1) is 12.5. The SMILES string of the molecule is Cc1cc(N2CCCC(Nc3ncnc4cccc(F)c34)C2=O)n(C)n1. The van der Waals surface area contributed by atoms with Gasteiger partial charge in [-0.05, 0) is 31.9 Å². The maximum atomic E-state index is 14.3. The number of carbonyl (C=O) groups is 1. The van der Waals surface area contributed by atoms with Gasteiger partial charge in [-0.1, -0.05) is 6.07 Å². The van der Waals surface area contributed by atoms with Crippen LogP contribution in [0.15, 0.2) is 30.6 Å². The van der Waals surface area contributed by atoms with Crippen LogP contribution in [0.3, 0.4) is 0 Å². The number of anilines is 2. The highest BCUT2D eigenvalue weighted by Gasteiger charge is 2.32. The lowest BCUT2D eigenvalue weighted by Gasteiger charge is -2.32. The Kier molecular flexibility index (Phi) is 4.02. The number of benzene rings is 1. The number of aryl methyl sites for hydroxylation is 2. The van der Waals surface area contributed by atoms with Crippen LogP contribution < -0.4 is 10.2 Å². The Bertz CT molecular complexity index is 980. The molecule has 3 heterocycles. The van der Waals surface area contributed by atoms with Crippen molar-refractivity contribution < 1.29 is 9.18 Å². The van der Waals surface area contributed by atoms with Crippen molar-refractivity contribution in [3.8, 4) is 0 Å². The smallest absolute Gasteiger partial charge is 0.250 e. The van der Waals surface area contributed by atoms with Gasteiger partial charge >= 0.3 is 0 Å². The molecule has 3 aromatic rings. The normalized spacial score (nSPS) is 17.7. The molecule has 1 fully saturated rings. The highest BCUT2D eigenvalue weighted by atomic mass is 19.1. The quantitative estimate of drug-likeness (QED) is 0.782. The van der Waals surface area contributed by atoms with E-state index in [1.807, 2.05) is 20.0 Å². The molecule has 1 aliphatic heterocycles. The van der Waals surface area contributed by atoms with Gasteiger partial charge in [-0.2, -0.15) is 5.10 Å². The van der Waals surface area contributed by atoms with E-state index in [1.54, 1.807) is 21.7 Å². The zero-order valence-electron chi connectivity index (χ0n) is 14.6. The number of aromatic nitrogens is 4. The van der Waals surface area contributed by atoms with Crippen molar-refractivity contribution in [2.75, 3.05) is 16.8 Å². The van der Waals surface area contributed by atoms with Crippen molar-refractivity contribution in [2.45, 2.75) is 25.8 Å². The van der Waals surface area contributed by atoms with E-state index in [0.717, 1.165) is 17.9 Å². The maximum Gasteiger partial charge on any atom is 0.250 e. The summed E-state index contributed by atoms with van der Waals surface area (Å²) < 4.78 is 16.0. The van der Waals surface area contributed by atoms with Gasteiger partial charge < -0.3 is 5.32 Å². The zero-order chi connectivity index (χ0) is 18.3. The summed E-state index contributed by atoms with van der Waals surface area (Å²) in [6, 6.07) is 6.10. The number of amides is 1. The van der Waals surface area contributed by atoms with Gasteiger partial charge in [-0.3, -0.25) is 14.4 Å². The average Bonchev–Trinajstić information content (AvgIpc) is 2.95. The third-order valence-corrected chi connectivity index (χ3v) is 4.62. The highest BCUT2D eigenvalue weighted by molar-refractivity contribution is 6.00. The predicted molar refractivity (Wildman–Crippen MR) is 96.4 cm³/mol. The number of piperidine rings is 1. The molecule has 7 nitrogen and oxygen atoms in total. The molecule has 1 saturated heterocycles. The van der Waals surface area contributed by atoms with Crippen molar-refractivity contribution in [3.05, 3.63) is 42.1 Å². The molecule has 1 aliphatic rings. The van der Waals surface area contributed by atoms with E-state index in [9.17, 15) is 9.18 Å². The van der Waals surface area contributed by atoms with Gasteiger partial charge in [-0.25, -0.2) is 14.4 Å². The largest absolute Gasteiger partial charge is 0.358 e. The minimum atomic E-state index is -0.475. The molecule has 1 aromatic carbocycles. The monoisotopic (exact) mass is 354 g/mol. The van der Waals surface area contributed by atoms with Crippen molar-refractivity contribution in [3.63, 3.8) is 0 Å². The lowest BCUT2D eigenvalue weighted by atomic mass is 10.0. The zero-order valence-corrected chi connectivity index (χ0v) is 14.6. The van der Waals surface area contributed by atoms with E-state index in [0.29, 0.717) is 29.7 Å². The van der Waals surface area contributed by atoms with Crippen LogP contribution in [0, 0.1) is 12.7 Å². The predicted octanol–water partition coefficient (Wildman–Crippen LogP) is 2.42. The molecule has 134 valence electrons. The van der Waals surface area contributed by atoms with Crippen molar-refractivity contribution in [1.82, 2.24) is 19.7 Å². The average molecular weight is 354 g/mol. The van der Waals surface area contributed by atoms with Crippen molar-refractivity contribution in [1.29, 1.82) is 0 Å². The standard InChI is InChI=1S/C18H19FN6O/c1-11-9-15(24(2)23-11)25-8-4-7-14(18(25)26)22-17-16-12(19)5-3-6-13(16)20-10-21-17/h3,5-6,9-10,14H,4,7-8H2,1-2H3,(H,20,21,22). The fourth-order valence-corrected chi connectivity index (χ4v) is 3.43. The summed E-state index contributed by atoms with van der Waals surface area (Å²) in [7, 11) is 1.82. The number of hydrogen-bond donors (Lipinski definition) is 1. The molecule has 0 saturated carbocycles. The molecule has 1 N–H and O–H groups in total. The van der Waals surface area contributed by atoms with E-state index in [4.69, 9.17) is 0 Å². The van der Waals surface area contributed by atoms with Crippen LogP contribution in [0.1, 0.15) is 18.5 Å². The summed E-state index contributed by atoms with van der Waals surface area (Å²) in [4.78, 5) is 23.0. The number of halogens is 1. The number of carbonyl (C=O) groups excluding carboxylic acids is 1. The lowest BCUT2D eigenvalue weighted by molar-refractivity contribution is -0.120. The molecule has 1 unspecified atom stereocenters. The Hall–Kier alpha value is -3.03. The molecule has 0 radical (unpaired) electrons. The Labute approximate surface area is 149 Å². The van der Waals surface area contributed by atoms with Crippen LogP contribution >= 0.6 is 0 Å². The number of rotatable bonds is 3. The molecule has 2 aromatic heterocycles. The van der Waals surface area contributed by atoms with Crippen LogP contribution in [-0.2, 0) is 11.8 Å². The minimum Gasteiger partial charge on any atom is -0.358 e. The summed E-state index contributed by atoms with van der Waals surface area (Å²) in [6.07, 6.45) is 2.87. The highest BCUT2D eigenvalue weighted by Crippen LogP contribution is 2.27. The van der Waals surface area contributed by atoms with E-state index < -0.39 is 11.9 Å². The number of fused-ring (bicyclic) bond motifs is 1. The summed E-state index contributed by atoms with van der Waals surface area (Å²) in [5.74, 6) is 0.627. The van der Waals surface area contributed by atoms with E-state index >= 15 is 0 Å². The topological polar surface area (TPSA) is 75.9 Å². The van der Waals surface area contributed by atoms with Crippen LogP contribution in [0.5, 0.6) is 0 Å². The van der Waals surface area contributed by atoms with Crippen LogP contribution in [0.4, 0.5) is 16.0 Å². The molecule has 1 amide bonds. The minimum absolute atomic E-state index is 0.0673. The molecule has 0 bridgehead atoms. The summed E-state index contributed by atoms with van der Waals surface area (Å²) in [5, 5.41) is 7.75. The Morgan fingerprint density at radius 1 is 1.31 bits per heavy atom. The summed E-state index contributed by atoms with van der Waals surface area (Å²) in [6.45, 7) is 2.53. The summed E-state index contributed by atoms with van der Waals surface area (Å²) in [5.41, 5.74) is 1.36. The van der Waals surface area contributed by atoms with Gasteiger partial charge in [0.25, 0.3) is 5.91 Å². The number of nitrogens with zero attached hydrogens (tertiary/aromatic N) is 5. The van der Waals surface area contributed by atoms with Gasteiger partial charge in [0.05, 0.1) is 16.6 Å². The molecule has 1 atom stereocenters. The molecule has 0 spiro atoms. The third-order valence-electron chi connectivity index (χ3n) is 4.62. The first-order valence-corrected chi connectivity index (χ1v) is 8.52. The van der Waals surface area contributed by atoms with Gasteiger partial charge in [-0.15, -0.1) is 0 Å². The van der Waals surface area contributed by atoms with Gasteiger partial charge in [0, 0.05) is 19.7 Å². The molecule has 4 rings (SSSR count). The third kappa shape index (κ3) is 2.77. The van der Waals surface area contributed by atoms with E-state index in [2.05, 4.69) is 20.4 Å². The maximum absolute atomic E-state index is 14.3. The number of hydrogen-bond acceptors (Lipinski definition) is 5. The van der Waals surface area contributed by atoms with Crippen molar-refractivity contribution >= 4 is 28.4 Å². The second-order valence-electron chi connectivity index (χ2n) is 6.45. The Balaban J connectivity index is 1.65. The molecular formula is C18H19FN6O. The van der Waals surface area contributed by atoms with Crippen molar-refractivity contribution in [2.24, 2.45) is 7.05 Å². The molecule has 8 heteroatoms. The van der Waals surface area contributed by atoms with E-state index in [-0.39, 0.29) is 5.91 Å². The second kappa shape index (κ2) is 6.36. The Morgan fingerprint density at radius 2 is 2.15 bits per heavy atom. The van der Waals surface area contributed by atoms with Gasteiger partial charge in [0.2, 0.25) is 0 Å². The fourth-order valence-electron chi connectivity index (χ4n) is 3.43. The first kappa shape index (κ1) is 16.4.